The van der Waals surface area contributed by atoms with Crippen molar-refractivity contribution in [2.24, 2.45) is 5.92 Å². The molecule has 4 nitrogen and oxygen atoms in total. The van der Waals surface area contributed by atoms with Gasteiger partial charge in [-0.2, -0.15) is 0 Å². The van der Waals surface area contributed by atoms with E-state index < -0.39 is 0 Å². The van der Waals surface area contributed by atoms with Crippen LogP contribution in [0.3, 0.4) is 0 Å². The van der Waals surface area contributed by atoms with E-state index in [0.29, 0.717) is 12.6 Å². The molecule has 1 saturated carbocycles. The second-order valence-electron chi connectivity index (χ2n) is 5.48. The molecule has 108 valence electrons. The van der Waals surface area contributed by atoms with Crippen LogP contribution >= 0.6 is 11.3 Å². The number of ether oxygens (including phenoxy) is 1. The molecule has 0 unspecified atom stereocenters. The average molecular weight is 284 g/mol. The molecule has 1 aromatic heterocycles. The number of methoxy groups -OCH3 is 1. The third-order valence-corrected chi connectivity index (χ3v) is 5.20. The van der Waals surface area contributed by atoms with E-state index in [4.69, 9.17) is 4.74 Å². The first-order valence-corrected chi connectivity index (χ1v) is 7.78. The minimum atomic E-state index is 0.0475. The lowest BCUT2D eigenvalue weighted by atomic mass is 9.87. The zero-order valence-corrected chi connectivity index (χ0v) is 12.9. The van der Waals surface area contributed by atoms with Crippen LogP contribution in [0.4, 0.5) is 5.13 Å². The van der Waals surface area contributed by atoms with E-state index in [1.165, 1.54) is 25.7 Å². The van der Waals surface area contributed by atoms with E-state index >= 15 is 0 Å². The number of hydrogen-bond donors (Lipinski definition) is 1. The highest BCUT2D eigenvalue weighted by atomic mass is 32.1. The second-order valence-corrected chi connectivity index (χ2v) is 6.54. The van der Waals surface area contributed by atoms with Crippen molar-refractivity contribution in [3.05, 3.63) is 10.6 Å². The SMILES string of the molecule is COCc1nc(N(C)C2CCC(C)CC2)sc1CO. The summed E-state index contributed by atoms with van der Waals surface area (Å²) in [7, 11) is 3.78. The molecule has 1 N–H and O–H groups in total. The highest BCUT2D eigenvalue weighted by Crippen LogP contribution is 2.32. The van der Waals surface area contributed by atoms with Crippen molar-refractivity contribution in [3.8, 4) is 0 Å². The van der Waals surface area contributed by atoms with Crippen molar-refractivity contribution in [1.82, 2.24) is 4.98 Å². The average Bonchev–Trinajstić information content (AvgIpc) is 2.82. The second kappa shape index (κ2) is 6.68. The standard InChI is InChI=1S/C14H24N2O2S/c1-10-4-6-11(7-5-10)16(2)14-15-12(9-18-3)13(8-17)19-14/h10-11,17H,4-9H2,1-3H3. The summed E-state index contributed by atoms with van der Waals surface area (Å²) in [5.74, 6) is 0.859. The number of aliphatic hydroxyl groups is 1. The van der Waals surface area contributed by atoms with Crippen LogP contribution in [-0.2, 0) is 18.0 Å². The lowest BCUT2D eigenvalue weighted by Crippen LogP contribution is -2.34. The summed E-state index contributed by atoms with van der Waals surface area (Å²) in [4.78, 5) is 7.83. The van der Waals surface area contributed by atoms with Gasteiger partial charge in [0.25, 0.3) is 0 Å². The molecule has 0 spiro atoms. The van der Waals surface area contributed by atoms with E-state index in [0.717, 1.165) is 21.6 Å². The van der Waals surface area contributed by atoms with E-state index in [-0.39, 0.29) is 6.61 Å². The molecule has 1 aromatic rings. The Balaban J connectivity index is 2.08. The van der Waals surface area contributed by atoms with Gasteiger partial charge in [-0.05, 0) is 31.6 Å². The van der Waals surface area contributed by atoms with Gasteiger partial charge in [-0.1, -0.05) is 18.3 Å². The molecule has 0 radical (unpaired) electrons. The number of aromatic nitrogens is 1. The summed E-state index contributed by atoms with van der Waals surface area (Å²) >= 11 is 1.59. The summed E-state index contributed by atoms with van der Waals surface area (Å²) in [5, 5.41) is 10.4. The molecular formula is C14H24N2O2S. The van der Waals surface area contributed by atoms with Crippen molar-refractivity contribution in [3.63, 3.8) is 0 Å². The molecular weight excluding hydrogens is 260 g/mol. The number of nitrogens with zero attached hydrogens (tertiary/aromatic N) is 2. The number of rotatable bonds is 5. The maximum atomic E-state index is 9.38. The molecule has 2 rings (SSSR count). The molecule has 1 fully saturated rings. The summed E-state index contributed by atoms with van der Waals surface area (Å²) in [6, 6.07) is 0.587. The van der Waals surface area contributed by atoms with Crippen LogP contribution in [0.25, 0.3) is 0 Å². The van der Waals surface area contributed by atoms with Gasteiger partial charge in [0.05, 0.1) is 23.8 Å². The first-order chi connectivity index (χ1) is 9.15. The Labute approximate surface area is 119 Å². The van der Waals surface area contributed by atoms with Gasteiger partial charge in [-0.15, -0.1) is 0 Å². The number of aliphatic hydroxyl groups excluding tert-OH is 1. The summed E-state index contributed by atoms with van der Waals surface area (Å²) in [6.45, 7) is 2.86. The van der Waals surface area contributed by atoms with E-state index in [1.54, 1.807) is 18.4 Å². The number of hydrogen-bond acceptors (Lipinski definition) is 5. The lowest BCUT2D eigenvalue weighted by molar-refractivity contribution is 0.179. The van der Waals surface area contributed by atoms with Crippen LogP contribution in [0.15, 0.2) is 0 Å². The molecule has 0 aromatic carbocycles. The van der Waals surface area contributed by atoms with Gasteiger partial charge >= 0.3 is 0 Å². The van der Waals surface area contributed by atoms with Gasteiger partial charge in [-0.25, -0.2) is 4.98 Å². The zero-order chi connectivity index (χ0) is 13.8. The Kier molecular flexibility index (Phi) is 5.19. The van der Waals surface area contributed by atoms with Crippen LogP contribution < -0.4 is 4.90 Å². The molecule has 1 aliphatic rings. The van der Waals surface area contributed by atoms with Gasteiger partial charge in [0.15, 0.2) is 5.13 Å². The molecule has 19 heavy (non-hydrogen) atoms. The van der Waals surface area contributed by atoms with E-state index in [2.05, 4.69) is 23.9 Å². The molecule has 5 heteroatoms. The summed E-state index contributed by atoms with van der Waals surface area (Å²) in [6.07, 6.45) is 5.09. The van der Waals surface area contributed by atoms with Crippen molar-refractivity contribution in [2.75, 3.05) is 19.1 Å². The van der Waals surface area contributed by atoms with Crippen LogP contribution in [0.5, 0.6) is 0 Å². The number of thiazole rings is 1. The topological polar surface area (TPSA) is 45.6 Å². The Morgan fingerprint density at radius 3 is 2.63 bits per heavy atom. The Morgan fingerprint density at radius 2 is 2.05 bits per heavy atom. The van der Waals surface area contributed by atoms with E-state index in [9.17, 15) is 5.11 Å². The van der Waals surface area contributed by atoms with Crippen molar-refractivity contribution in [2.45, 2.75) is 51.9 Å². The predicted molar refractivity (Wildman–Crippen MR) is 78.6 cm³/mol. The normalized spacial score (nSPS) is 23.6. The van der Waals surface area contributed by atoms with Gasteiger partial charge < -0.3 is 14.7 Å². The van der Waals surface area contributed by atoms with Crippen LogP contribution in [0.2, 0.25) is 0 Å². The van der Waals surface area contributed by atoms with Crippen molar-refractivity contribution >= 4 is 16.5 Å². The Bertz CT molecular complexity index is 400. The first-order valence-electron chi connectivity index (χ1n) is 6.97. The van der Waals surface area contributed by atoms with Crippen LogP contribution in [0.1, 0.15) is 43.2 Å². The highest BCUT2D eigenvalue weighted by molar-refractivity contribution is 7.15. The molecule has 1 aliphatic carbocycles. The van der Waals surface area contributed by atoms with Crippen LogP contribution in [0, 0.1) is 5.92 Å². The molecule has 0 amide bonds. The van der Waals surface area contributed by atoms with Gasteiger partial charge in [0.2, 0.25) is 0 Å². The molecule has 0 atom stereocenters. The van der Waals surface area contributed by atoms with Gasteiger partial charge in [0, 0.05) is 20.2 Å². The van der Waals surface area contributed by atoms with Crippen molar-refractivity contribution in [1.29, 1.82) is 0 Å². The smallest absolute Gasteiger partial charge is 0.185 e. The minimum Gasteiger partial charge on any atom is -0.391 e. The molecule has 0 aliphatic heterocycles. The largest absolute Gasteiger partial charge is 0.391 e. The molecule has 1 heterocycles. The number of anilines is 1. The Hall–Kier alpha value is -0.650. The zero-order valence-electron chi connectivity index (χ0n) is 12.1. The van der Waals surface area contributed by atoms with E-state index in [1.807, 2.05) is 0 Å². The minimum absolute atomic E-state index is 0.0475. The monoisotopic (exact) mass is 284 g/mol. The predicted octanol–water partition coefficient (Wildman–Crippen LogP) is 2.80. The highest BCUT2D eigenvalue weighted by Gasteiger charge is 2.24. The third kappa shape index (κ3) is 3.46. The fourth-order valence-corrected chi connectivity index (χ4v) is 3.64. The third-order valence-electron chi connectivity index (χ3n) is 4.03. The molecule has 0 bridgehead atoms. The van der Waals surface area contributed by atoms with Crippen molar-refractivity contribution < 1.29 is 9.84 Å². The summed E-state index contributed by atoms with van der Waals surface area (Å²) < 4.78 is 5.14. The van der Waals surface area contributed by atoms with Crippen LogP contribution in [-0.4, -0.2) is 30.3 Å². The summed E-state index contributed by atoms with van der Waals surface area (Å²) in [5.41, 5.74) is 0.876. The quantitative estimate of drug-likeness (QED) is 0.903. The van der Waals surface area contributed by atoms with Gasteiger partial charge in [-0.3, -0.25) is 0 Å². The van der Waals surface area contributed by atoms with Gasteiger partial charge in [0.1, 0.15) is 0 Å². The fourth-order valence-electron chi connectivity index (χ4n) is 2.68. The maximum absolute atomic E-state index is 9.38. The lowest BCUT2D eigenvalue weighted by Gasteiger charge is -2.33. The molecule has 0 saturated heterocycles. The Morgan fingerprint density at radius 1 is 1.37 bits per heavy atom. The fraction of sp³-hybridized carbons (Fsp3) is 0.786. The maximum Gasteiger partial charge on any atom is 0.185 e. The first kappa shape index (κ1) is 14.8.